The summed E-state index contributed by atoms with van der Waals surface area (Å²) in [5.41, 5.74) is 2.29. The molecular weight excluding hydrogens is 332 g/mol. The van der Waals surface area contributed by atoms with Crippen LogP contribution < -0.4 is 15.4 Å². The lowest BCUT2D eigenvalue weighted by Gasteiger charge is -2.24. The first-order valence-electron chi connectivity index (χ1n) is 8.14. The van der Waals surface area contributed by atoms with Crippen molar-refractivity contribution in [2.45, 2.75) is 13.0 Å². The first kappa shape index (κ1) is 15.9. The summed E-state index contributed by atoms with van der Waals surface area (Å²) >= 11 is 0. The third kappa shape index (κ3) is 2.90. The molecule has 0 fully saturated rings. The summed E-state index contributed by atoms with van der Waals surface area (Å²) in [6.07, 6.45) is 2.65. The summed E-state index contributed by atoms with van der Waals surface area (Å²) in [5, 5.41) is 9.80. The summed E-state index contributed by atoms with van der Waals surface area (Å²) in [6, 6.07) is 14.6. The number of carbonyl (C=O) groups excluding carboxylic acids is 2. The number of rotatable bonds is 3. The molecule has 1 atom stereocenters. The normalized spacial score (nSPS) is 15.6. The van der Waals surface area contributed by atoms with E-state index >= 15 is 0 Å². The topological polar surface area (TPSA) is 85.2 Å². The summed E-state index contributed by atoms with van der Waals surface area (Å²) in [4.78, 5) is 24.4. The Balaban J connectivity index is 1.58. The van der Waals surface area contributed by atoms with Gasteiger partial charge in [-0.3, -0.25) is 9.59 Å². The standard InChI is InChI=1S/C19H16N4O3/c1-12-18(24)22-16-9-5-8-15(17(16)26-12)19(25)21-13-10-20-23(11-13)14-6-3-2-4-7-14/h2-12H,1H3,(H,21,25)(H,22,24)/t12-/m0/s1. The summed E-state index contributed by atoms with van der Waals surface area (Å²) in [5.74, 6) is -0.204. The molecule has 0 saturated carbocycles. The average Bonchev–Trinajstić information content (AvgIpc) is 3.11. The fourth-order valence-corrected chi connectivity index (χ4v) is 2.71. The molecule has 7 nitrogen and oxygen atoms in total. The highest BCUT2D eigenvalue weighted by molar-refractivity contribution is 6.09. The Bertz CT molecular complexity index is 981. The van der Waals surface area contributed by atoms with Gasteiger partial charge in [0.05, 0.1) is 35.0 Å². The second kappa shape index (κ2) is 6.36. The number of nitrogens with zero attached hydrogens (tertiary/aromatic N) is 2. The second-order valence-electron chi connectivity index (χ2n) is 5.89. The third-order valence-corrected chi connectivity index (χ3v) is 4.04. The molecule has 2 N–H and O–H groups in total. The van der Waals surface area contributed by atoms with Gasteiger partial charge in [-0.25, -0.2) is 4.68 Å². The highest BCUT2D eigenvalue weighted by atomic mass is 16.5. The molecule has 0 aliphatic carbocycles. The van der Waals surface area contributed by atoms with Crippen molar-refractivity contribution in [2.24, 2.45) is 0 Å². The Morgan fingerprint density at radius 3 is 2.81 bits per heavy atom. The van der Waals surface area contributed by atoms with Gasteiger partial charge in [-0.1, -0.05) is 24.3 Å². The zero-order valence-corrected chi connectivity index (χ0v) is 14.0. The molecule has 130 valence electrons. The zero-order chi connectivity index (χ0) is 18.1. The fourth-order valence-electron chi connectivity index (χ4n) is 2.71. The lowest BCUT2D eigenvalue weighted by Crippen LogP contribution is -2.35. The number of carbonyl (C=O) groups is 2. The summed E-state index contributed by atoms with van der Waals surface area (Å²) in [7, 11) is 0. The Hall–Kier alpha value is -3.61. The summed E-state index contributed by atoms with van der Waals surface area (Å²) < 4.78 is 7.29. The van der Waals surface area contributed by atoms with Crippen LogP contribution in [-0.2, 0) is 4.79 Å². The molecule has 4 rings (SSSR count). The van der Waals surface area contributed by atoms with Gasteiger partial charge in [0, 0.05) is 0 Å². The van der Waals surface area contributed by atoms with Gasteiger partial charge in [0.2, 0.25) is 0 Å². The van der Waals surface area contributed by atoms with Crippen LogP contribution in [-0.4, -0.2) is 27.7 Å². The van der Waals surface area contributed by atoms with E-state index in [1.807, 2.05) is 30.3 Å². The predicted octanol–water partition coefficient (Wildman–Crippen LogP) is 2.84. The first-order valence-corrected chi connectivity index (χ1v) is 8.14. The van der Waals surface area contributed by atoms with Gasteiger partial charge >= 0.3 is 0 Å². The van der Waals surface area contributed by atoms with Crippen LogP contribution in [0.25, 0.3) is 5.69 Å². The van der Waals surface area contributed by atoms with Gasteiger partial charge in [0.1, 0.15) is 0 Å². The minimum absolute atomic E-state index is 0.237. The van der Waals surface area contributed by atoms with Crippen molar-refractivity contribution in [1.29, 1.82) is 0 Å². The zero-order valence-electron chi connectivity index (χ0n) is 14.0. The number of fused-ring (bicyclic) bond motifs is 1. The second-order valence-corrected chi connectivity index (χ2v) is 5.89. The van der Waals surface area contributed by atoms with E-state index in [0.717, 1.165) is 5.69 Å². The van der Waals surface area contributed by atoms with Crippen molar-refractivity contribution < 1.29 is 14.3 Å². The molecule has 2 aromatic carbocycles. The number of para-hydroxylation sites is 2. The van der Waals surface area contributed by atoms with Gasteiger partial charge in [0.25, 0.3) is 11.8 Å². The van der Waals surface area contributed by atoms with Gasteiger partial charge in [-0.2, -0.15) is 5.10 Å². The van der Waals surface area contributed by atoms with Crippen molar-refractivity contribution in [3.8, 4) is 11.4 Å². The molecule has 0 spiro atoms. The highest BCUT2D eigenvalue weighted by Gasteiger charge is 2.27. The van der Waals surface area contributed by atoms with E-state index in [1.54, 1.807) is 42.2 Å². The smallest absolute Gasteiger partial charge is 0.265 e. The third-order valence-electron chi connectivity index (χ3n) is 4.04. The van der Waals surface area contributed by atoms with Crippen LogP contribution in [0.2, 0.25) is 0 Å². The van der Waals surface area contributed by atoms with Crippen LogP contribution in [0, 0.1) is 0 Å². The monoisotopic (exact) mass is 348 g/mol. The first-order chi connectivity index (χ1) is 12.6. The SMILES string of the molecule is C[C@@H]1Oc2c(cccc2C(=O)Nc2cnn(-c3ccccc3)c2)NC1=O. The molecule has 7 heteroatoms. The van der Waals surface area contributed by atoms with Crippen LogP contribution >= 0.6 is 0 Å². The minimum Gasteiger partial charge on any atom is -0.478 e. The maximum Gasteiger partial charge on any atom is 0.265 e. The molecule has 0 bridgehead atoms. The molecular formula is C19H16N4O3. The number of hydrogen-bond donors (Lipinski definition) is 2. The molecule has 0 radical (unpaired) electrons. The van der Waals surface area contributed by atoms with E-state index in [-0.39, 0.29) is 11.8 Å². The van der Waals surface area contributed by atoms with Crippen molar-refractivity contribution in [3.63, 3.8) is 0 Å². The maximum absolute atomic E-state index is 12.7. The number of nitrogens with one attached hydrogen (secondary N) is 2. The van der Waals surface area contributed by atoms with Crippen molar-refractivity contribution >= 4 is 23.2 Å². The molecule has 2 amide bonds. The molecule has 1 aromatic heterocycles. The fraction of sp³-hybridized carbons (Fsp3) is 0.105. The molecule has 1 aliphatic rings. The van der Waals surface area contributed by atoms with Crippen LogP contribution in [0.4, 0.5) is 11.4 Å². The summed E-state index contributed by atoms with van der Waals surface area (Å²) in [6.45, 7) is 1.64. The Morgan fingerprint density at radius 1 is 1.19 bits per heavy atom. The van der Waals surface area contributed by atoms with E-state index in [1.165, 1.54) is 0 Å². The van der Waals surface area contributed by atoms with Crippen molar-refractivity contribution in [1.82, 2.24) is 9.78 Å². The molecule has 3 aromatic rings. The quantitative estimate of drug-likeness (QED) is 0.762. The highest BCUT2D eigenvalue weighted by Crippen LogP contribution is 2.33. The van der Waals surface area contributed by atoms with Gasteiger partial charge < -0.3 is 15.4 Å². The molecule has 0 saturated heterocycles. The van der Waals surface area contributed by atoms with Crippen LogP contribution in [0.3, 0.4) is 0 Å². The predicted molar refractivity (Wildman–Crippen MR) is 96.7 cm³/mol. The van der Waals surface area contributed by atoms with Crippen molar-refractivity contribution in [3.05, 3.63) is 66.5 Å². The van der Waals surface area contributed by atoms with Crippen LogP contribution in [0.15, 0.2) is 60.9 Å². The number of hydrogen-bond acceptors (Lipinski definition) is 4. The van der Waals surface area contributed by atoms with E-state index in [9.17, 15) is 9.59 Å². The average molecular weight is 348 g/mol. The largest absolute Gasteiger partial charge is 0.478 e. The van der Waals surface area contributed by atoms with E-state index < -0.39 is 6.10 Å². The molecule has 26 heavy (non-hydrogen) atoms. The Kier molecular flexibility index (Phi) is 3.89. The number of ether oxygens (including phenoxy) is 1. The molecule has 1 aliphatic heterocycles. The van der Waals surface area contributed by atoms with E-state index in [0.29, 0.717) is 22.7 Å². The molecule has 0 unspecified atom stereocenters. The van der Waals surface area contributed by atoms with E-state index in [2.05, 4.69) is 15.7 Å². The van der Waals surface area contributed by atoms with Gasteiger partial charge in [0.15, 0.2) is 11.9 Å². The maximum atomic E-state index is 12.7. The van der Waals surface area contributed by atoms with Crippen molar-refractivity contribution in [2.75, 3.05) is 10.6 Å². The van der Waals surface area contributed by atoms with E-state index in [4.69, 9.17) is 4.74 Å². The van der Waals surface area contributed by atoms with Gasteiger partial charge in [-0.05, 0) is 31.2 Å². The van der Waals surface area contributed by atoms with Gasteiger partial charge in [-0.15, -0.1) is 0 Å². The number of benzene rings is 2. The number of amides is 2. The Morgan fingerprint density at radius 2 is 2.00 bits per heavy atom. The molecule has 2 heterocycles. The van der Waals surface area contributed by atoms with Crippen LogP contribution in [0.5, 0.6) is 5.75 Å². The number of aromatic nitrogens is 2. The lowest BCUT2D eigenvalue weighted by atomic mass is 10.1. The lowest BCUT2D eigenvalue weighted by molar-refractivity contribution is -0.122. The number of anilines is 2. The van der Waals surface area contributed by atoms with Crippen LogP contribution in [0.1, 0.15) is 17.3 Å². The minimum atomic E-state index is -0.655. The Labute approximate surface area is 149 Å².